The predicted molar refractivity (Wildman–Crippen MR) is 115 cm³/mol. The van der Waals surface area contributed by atoms with E-state index < -0.39 is 0 Å². The molecule has 0 aliphatic carbocycles. The first-order valence-corrected chi connectivity index (χ1v) is 10.1. The second-order valence-corrected chi connectivity index (χ2v) is 7.72. The fourth-order valence-corrected chi connectivity index (χ4v) is 3.10. The molecule has 0 bridgehead atoms. The van der Waals surface area contributed by atoms with Gasteiger partial charge in [0.25, 0.3) is 0 Å². The highest BCUT2D eigenvalue weighted by Crippen LogP contribution is 2.21. The maximum Gasteiger partial charge on any atom is 0.124 e. The number of rotatable bonds is 9. The molecule has 6 heteroatoms. The molecule has 0 fully saturated rings. The summed E-state index contributed by atoms with van der Waals surface area (Å²) in [6.07, 6.45) is 7.66. The van der Waals surface area contributed by atoms with Crippen molar-refractivity contribution in [3.05, 3.63) is 56.5 Å². The number of hydrogen-bond donors (Lipinski definition) is 2. The molecule has 2 N–H and O–H groups in total. The molecule has 0 heterocycles. The molecule has 26 heavy (non-hydrogen) atoms. The number of unbranched alkanes of at least 4 members (excludes halogenated alkanes) is 3. The van der Waals surface area contributed by atoms with Crippen molar-refractivity contribution >= 4 is 44.3 Å². The second kappa shape index (κ2) is 11.1. The Labute approximate surface area is 171 Å². The maximum absolute atomic E-state index is 9.73. The monoisotopic (exact) mass is 480 g/mol. The number of benzene rings is 2. The molecule has 2 aromatic rings. The highest BCUT2D eigenvalue weighted by atomic mass is 79.9. The smallest absolute Gasteiger partial charge is 0.124 e. The molecule has 4 nitrogen and oxygen atoms in total. The second-order valence-electron chi connectivity index (χ2n) is 5.89. The van der Waals surface area contributed by atoms with Gasteiger partial charge in [-0.2, -0.15) is 0 Å². The zero-order valence-corrected chi connectivity index (χ0v) is 17.6. The number of phenolic OH excluding ortho intramolecular Hbond substituents is 2. The first kappa shape index (κ1) is 20.6. The minimum Gasteiger partial charge on any atom is -0.507 e. The van der Waals surface area contributed by atoms with Crippen molar-refractivity contribution in [2.45, 2.75) is 25.7 Å². The fraction of sp³-hybridized carbons (Fsp3) is 0.300. The van der Waals surface area contributed by atoms with E-state index >= 15 is 0 Å². The number of nitrogens with zero attached hydrogens (tertiary/aromatic N) is 2. The predicted octanol–water partition coefficient (Wildman–Crippen LogP) is 5.72. The Kier molecular flexibility index (Phi) is 8.85. The zero-order chi connectivity index (χ0) is 18.8. The summed E-state index contributed by atoms with van der Waals surface area (Å²) < 4.78 is 1.85. The van der Waals surface area contributed by atoms with Gasteiger partial charge in [0.15, 0.2) is 0 Å². The van der Waals surface area contributed by atoms with E-state index in [1.54, 1.807) is 36.7 Å². The van der Waals surface area contributed by atoms with Crippen LogP contribution in [0.1, 0.15) is 36.8 Å². The van der Waals surface area contributed by atoms with E-state index in [1.807, 2.05) is 12.1 Å². The number of aliphatic imine (C=N–C) groups is 2. The molecule has 0 unspecified atom stereocenters. The molecule has 0 aliphatic heterocycles. The Hall–Kier alpha value is -1.66. The van der Waals surface area contributed by atoms with Gasteiger partial charge >= 0.3 is 0 Å². The molecular formula is C20H22Br2N2O2. The zero-order valence-electron chi connectivity index (χ0n) is 14.4. The molecule has 138 valence electrons. The molecule has 0 aromatic heterocycles. The van der Waals surface area contributed by atoms with Crippen LogP contribution in [0.2, 0.25) is 0 Å². The summed E-state index contributed by atoms with van der Waals surface area (Å²) in [5, 5.41) is 19.5. The van der Waals surface area contributed by atoms with E-state index in [4.69, 9.17) is 0 Å². The van der Waals surface area contributed by atoms with Gasteiger partial charge in [-0.15, -0.1) is 0 Å². The third-order valence-corrected chi connectivity index (χ3v) is 4.75. The summed E-state index contributed by atoms with van der Waals surface area (Å²) >= 11 is 6.76. The van der Waals surface area contributed by atoms with E-state index in [1.165, 1.54) is 0 Å². The molecule has 0 amide bonds. The molecule has 0 radical (unpaired) electrons. The summed E-state index contributed by atoms with van der Waals surface area (Å²) in [6, 6.07) is 10.6. The SMILES string of the molecule is Oc1ccc(Br)cc1C=NCCCCCCN=Cc1cc(Br)ccc1O. The number of hydrogen-bond acceptors (Lipinski definition) is 4. The van der Waals surface area contributed by atoms with Gasteiger partial charge in [0.05, 0.1) is 0 Å². The minimum absolute atomic E-state index is 0.242. The topological polar surface area (TPSA) is 65.2 Å². The normalized spacial score (nSPS) is 11.6. The lowest BCUT2D eigenvalue weighted by atomic mass is 10.2. The van der Waals surface area contributed by atoms with Crippen molar-refractivity contribution in [1.82, 2.24) is 0 Å². The Morgan fingerprint density at radius 3 is 1.54 bits per heavy atom. The van der Waals surface area contributed by atoms with Crippen LogP contribution in [0.5, 0.6) is 11.5 Å². The molecule has 2 aromatic carbocycles. The van der Waals surface area contributed by atoms with Crippen LogP contribution in [0.3, 0.4) is 0 Å². The van der Waals surface area contributed by atoms with E-state index in [2.05, 4.69) is 41.8 Å². The van der Waals surface area contributed by atoms with Crippen molar-refractivity contribution in [2.24, 2.45) is 9.98 Å². The van der Waals surface area contributed by atoms with Crippen molar-refractivity contribution in [1.29, 1.82) is 0 Å². The summed E-state index contributed by atoms with van der Waals surface area (Å²) in [5.41, 5.74) is 1.45. The molecule has 0 aliphatic rings. The lowest BCUT2D eigenvalue weighted by Gasteiger charge is -2.00. The third kappa shape index (κ3) is 7.30. The first-order chi connectivity index (χ1) is 12.6. The summed E-state index contributed by atoms with van der Waals surface area (Å²) in [5.74, 6) is 0.484. The van der Waals surface area contributed by atoms with Gasteiger partial charge < -0.3 is 10.2 Å². The van der Waals surface area contributed by atoms with Gasteiger partial charge in [0.2, 0.25) is 0 Å². The lowest BCUT2D eigenvalue weighted by molar-refractivity contribution is 0.474. The van der Waals surface area contributed by atoms with Gasteiger partial charge in [-0.3, -0.25) is 9.98 Å². The fourth-order valence-electron chi connectivity index (χ4n) is 2.34. The van der Waals surface area contributed by atoms with Crippen LogP contribution < -0.4 is 0 Å². The van der Waals surface area contributed by atoms with Crippen molar-refractivity contribution in [3.63, 3.8) is 0 Å². The van der Waals surface area contributed by atoms with Gasteiger partial charge in [0.1, 0.15) is 11.5 Å². The molecule has 0 saturated heterocycles. The van der Waals surface area contributed by atoms with E-state index in [9.17, 15) is 10.2 Å². The Balaban J connectivity index is 1.59. The van der Waals surface area contributed by atoms with Gasteiger partial charge in [-0.05, 0) is 49.2 Å². The van der Waals surface area contributed by atoms with Crippen LogP contribution in [-0.4, -0.2) is 35.7 Å². The van der Waals surface area contributed by atoms with Gasteiger partial charge in [-0.25, -0.2) is 0 Å². The molecule has 0 spiro atoms. The van der Waals surface area contributed by atoms with Crippen LogP contribution in [0.4, 0.5) is 0 Å². The highest BCUT2D eigenvalue weighted by Gasteiger charge is 1.99. The van der Waals surface area contributed by atoms with Crippen molar-refractivity contribution < 1.29 is 10.2 Å². The lowest BCUT2D eigenvalue weighted by Crippen LogP contribution is -1.89. The summed E-state index contributed by atoms with van der Waals surface area (Å²) in [4.78, 5) is 8.73. The van der Waals surface area contributed by atoms with Crippen molar-refractivity contribution in [3.8, 4) is 11.5 Å². The number of halogens is 2. The van der Waals surface area contributed by atoms with Crippen molar-refractivity contribution in [2.75, 3.05) is 13.1 Å². The number of aromatic hydroxyl groups is 2. The maximum atomic E-state index is 9.73. The molecular weight excluding hydrogens is 460 g/mol. The Morgan fingerprint density at radius 2 is 1.12 bits per heavy atom. The average molecular weight is 482 g/mol. The molecule has 0 atom stereocenters. The Morgan fingerprint density at radius 1 is 0.692 bits per heavy atom. The molecule has 2 rings (SSSR count). The van der Waals surface area contributed by atoms with Crippen LogP contribution in [0, 0.1) is 0 Å². The Bertz CT molecular complexity index is 711. The van der Waals surface area contributed by atoms with Crippen LogP contribution >= 0.6 is 31.9 Å². The quantitative estimate of drug-likeness (QED) is 0.355. The van der Waals surface area contributed by atoms with Crippen LogP contribution in [-0.2, 0) is 0 Å². The van der Waals surface area contributed by atoms with Crippen LogP contribution in [0.25, 0.3) is 0 Å². The van der Waals surface area contributed by atoms with Crippen LogP contribution in [0.15, 0.2) is 55.3 Å². The van der Waals surface area contributed by atoms with E-state index in [-0.39, 0.29) is 11.5 Å². The van der Waals surface area contributed by atoms with E-state index in [0.29, 0.717) is 0 Å². The third-order valence-electron chi connectivity index (χ3n) is 3.76. The largest absolute Gasteiger partial charge is 0.507 e. The molecule has 0 saturated carbocycles. The standard InChI is InChI=1S/C20H22Br2N2O2/c21-17-5-7-19(25)15(11-17)13-23-9-3-1-2-4-10-24-14-16-12-18(22)6-8-20(16)26/h5-8,11-14,25-26H,1-4,9-10H2. The minimum atomic E-state index is 0.242. The van der Waals surface area contributed by atoms with Gasteiger partial charge in [0, 0.05) is 45.6 Å². The summed E-state index contributed by atoms with van der Waals surface area (Å²) in [7, 11) is 0. The average Bonchev–Trinajstić information content (AvgIpc) is 2.62. The van der Waals surface area contributed by atoms with E-state index in [0.717, 1.165) is 58.8 Å². The highest BCUT2D eigenvalue weighted by molar-refractivity contribution is 9.10. The number of phenols is 2. The van der Waals surface area contributed by atoms with Gasteiger partial charge in [-0.1, -0.05) is 44.7 Å². The first-order valence-electron chi connectivity index (χ1n) is 8.53. The summed E-state index contributed by atoms with van der Waals surface area (Å²) in [6.45, 7) is 1.50.